The van der Waals surface area contributed by atoms with E-state index in [1.165, 1.54) is 19.3 Å². The second-order valence-corrected chi connectivity index (χ2v) is 8.30. The molecule has 2 saturated heterocycles. The van der Waals surface area contributed by atoms with Gasteiger partial charge in [-0.25, -0.2) is 9.97 Å². The number of hydrogen-bond acceptors (Lipinski definition) is 5. The van der Waals surface area contributed by atoms with E-state index in [-0.39, 0.29) is 5.91 Å². The van der Waals surface area contributed by atoms with Crippen molar-refractivity contribution in [1.82, 2.24) is 14.9 Å². The summed E-state index contributed by atoms with van der Waals surface area (Å²) in [5, 5.41) is 3.34. The van der Waals surface area contributed by atoms with Gasteiger partial charge in [0.15, 0.2) is 0 Å². The quantitative estimate of drug-likeness (QED) is 0.833. The lowest BCUT2D eigenvalue weighted by Gasteiger charge is -2.31. The number of rotatable bonds is 5. The highest BCUT2D eigenvalue weighted by Gasteiger charge is 2.21. The fourth-order valence-electron chi connectivity index (χ4n) is 4.12. The number of anilines is 2. The zero-order valence-corrected chi connectivity index (χ0v) is 17.3. The van der Waals surface area contributed by atoms with E-state index in [2.05, 4.69) is 39.2 Å². The van der Waals surface area contributed by atoms with Crippen molar-refractivity contribution in [1.29, 1.82) is 0 Å². The number of carbonyl (C=O) groups is 1. The van der Waals surface area contributed by atoms with Crippen molar-refractivity contribution in [3.8, 4) is 0 Å². The number of nitrogens with one attached hydrogen (secondary N) is 1. The molecule has 0 spiro atoms. The Kier molecular flexibility index (Phi) is 6.27. The third kappa shape index (κ3) is 4.86. The fourth-order valence-corrected chi connectivity index (χ4v) is 4.12. The molecular weight excluding hydrogens is 362 g/mol. The van der Waals surface area contributed by atoms with Crippen molar-refractivity contribution in [2.45, 2.75) is 45.6 Å². The van der Waals surface area contributed by atoms with Gasteiger partial charge < -0.3 is 15.1 Å². The fraction of sp³-hybridized carbons (Fsp3) is 0.522. The summed E-state index contributed by atoms with van der Waals surface area (Å²) in [5.74, 6) is 2.60. The molecule has 154 valence electrons. The molecule has 0 aromatic carbocycles. The molecule has 2 aliphatic rings. The van der Waals surface area contributed by atoms with Crippen LogP contribution in [0.4, 0.5) is 11.6 Å². The summed E-state index contributed by atoms with van der Waals surface area (Å²) in [6.07, 6.45) is 9.51. The highest BCUT2D eigenvalue weighted by atomic mass is 16.2. The molecule has 4 rings (SSSR count). The number of pyridine rings is 2. The molecule has 0 atom stereocenters. The summed E-state index contributed by atoms with van der Waals surface area (Å²) >= 11 is 0. The predicted molar refractivity (Wildman–Crippen MR) is 116 cm³/mol. The first-order chi connectivity index (χ1) is 14.2. The Labute approximate surface area is 173 Å². The molecular formula is C23H31N5O. The van der Waals surface area contributed by atoms with Gasteiger partial charge in [0.05, 0.1) is 5.56 Å². The first-order valence-electron chi connectivity index (χ1n) is 10.9. The third-order valence-corrected chi connectivity index (χ3v) is 6.06. The van der Waals surface area contributed by atoms with Crippen LogP contribution in [0.1, 0.15) is 54.9 Å². The minimum atomic E-state index is 0.0769. The van der Waals surface area contributed by atoms with Crippen LogP contribution in [0.15, 0.2) is 36.7 Å². The Morgan fingerprint density at radius 3 is 2.59 bits per heavy atom. The van der Waals surface area contributed by atoms with Gasteiger partial charge in [-0.2, -0.15) is 0 Å². The monoisotopic (exact) mass is 393 g/mol. The second-order valence-electron chi connectivity index (χ2n) is 8.30. The molecule has 1 amide bonds. The van der Waals surface area contributed by atoms with Crippen LogP contribution >= 0.6 is 0 Å². The highest BCUT2D eigenvalue weighted by molar-refractivity contribution is 5.98. The molecule has 0 radical (unpaired) electrons. The lowest BCUT2D eigenvalue weighted by Crippen LogP contribution is -2.36. The van der Waals surface area contributed by atoms with Gasteiger partial charge in [-0.05, 0) is 61.8 Å². The van der Waals surface area contributed by atoms with Crippen molar-refractivity contribution in [3.05, 3.63) is 47.8 Å². The Morgan fingerprint density at radius 1 is 1.07 bits per heavy atom. The zero-order chi connectivity index (χ0) is 20.1. The average molecular weight is 394 g/mol. The van der Waals surface area contributed by atoms with E-state index in [4.69, 9.17) is 0 Å². The van der Waals surface area contributed by atoms with E-state index in [0.29, 0.717) is 17.9 Å². The van der Waals surface area contributed by atoms with Gasteiger partial charge in [-0.15, -0.1) is 0 Å². The van der Waals surface area contributed by atoms with Crippen molar-refractivity contribution < 1.29 is 4.79 Å². The second kappa shape index (κ2) is 9.25. The summed E-state index contributed by atoms with van der Waals surface area (Å²) in [6, 6.07) is 7.91. The van der Waals surface area contributed by atoms with Crippen LogP contribution in [0, 0.1) is 5.92 Å². The summed E-state index contributed by atoms with van der Waals surface area (Å²) in [4.78, 5) is 26.3. The molecule has 6 heteroatoms. The standard InChI is InChI=1S/C23H31N5O/c1-18-9-14-27(15-10-18)21-8-7-19(16-25-21)17-26-22-20(6-5-11-24-22)23(29)28-12-3-2-4-13-28/h5-8,11,16,18H,2-4,9-10,12-15,17H2,1H3,(H,24,26). The van der Waals surface area contributed by atoms with Crippen LogP contribution in [0.3, 0.4) is 0 Å². The van der Waals surface area contributed by atoms with Crippen LogP contribution in [0.2, 0.25) is 0 Å². The summed E-state index contributed by atoms with van der Waals surface area (Å²) in [7, 11) is 0. The molecule has 0 unspecified atom stereocenters. The number of hydrogen-bond donors (Lipinski definition) is 1. The summed E-state index contributed by atoms with van der Waals surface area (Å²) < 4.78 is 0. The van der Waals surface area contributed by atoms with Crippen LogP contribution in [0.5, 0.6) is 0 Å². The normalized spacial score (nSPS) is 18.0. The summed E-state index contributed by atoms with van der Waals surface area (Å²) in [6.45, 7) is 6.77. The van der Waals surface area contributed by atoms with Gasteiger partial charge in [-0.1, -0.05) is 13.0 Å². The van der Waals surface area contributed by atoms with E-state index in [1.54, 1.807) is 6.20 Å². The van der Waals surface area contributed by atoms with Crippen LogP contribution in [-0.2, 0) is 6.54 Å². The highest BCUT2D eigenvalue weighted by Crippen LogP contribution is 2.22. The number of likely N-dealkylation sites (tertiary alicyclic amines) is 1. The lowest BCUT2D eigenvalue weighted by atomic mass is 9.99. The van der Waals surface area contributed by atoms with E-state index in [0.717, 1.165) is 56.3 Å². The number of aromatic nitrogens is 2. The Morgan fingerprint density at radius 2 is 1.86 bits per heavy atom. The molecule has 2 aromatic heterocycles. The van der Waals surface area contributed by atoms with Gasteiger partial charge in [0, 0.05) is 45.1 Å². The maximum Gasteiger partial charge on any atom is 0.257 e. The molecule has 0 saturated carbocycles. The molecule has 2 aromatic rings. The minimum absolute atomic E-state index is 0.0769. The molecule has 2 fully saturated rings. The van der Waals surface area contributed by atoms with Crippen molar-refractivity contribution >= 4 is 17.5 Å². The van der Waals surface area contributed by atoms with Gasteiger partial charge in [0.2, 0.25) is 0 Å². The van der Waals surface area contributed by atoms with Gasteiger partial charge in [0.1, 0.15) is 11.6 Å². The molecule has 29 heavy (non-hydrogen) atoms. The molecule has 1 N–H and O–H groups in total. The average Bonchev–Trinajstić information content (AvgIpc) is 2.79. The summed E-state index contributed by atoms with van der Waals surface area (Å²) in [5.41, 5.74) is 1.74. The smallest absolute Gasteiger partial charge is 0.257 e. The number of nitrogens with zero attached hydrogens (tertiary/aromatic N) is 4. The maximum atomic E-state index is 12.9. The number of piperidine rings is 2. The van der Waals surface area contributed by atoms with Crippen molar-refractivity contribution in [2.24, 2.45) is 5.92 Å². The molecule has 0 bridgehead atoms. The maximum absolute atomic E-state index is 12.9. The van der Waals surface area contributed by atoms with Gasteiger partial charge in [-0.3, -0.25) is 4.79 Å². The Balaban J connectivity index is 1.38. The Bertz CT molecular complexity index is 808. The molecule has 4 heterocycles. The SMILES string of the molecule is CC1CCN(c2ccc(CNc3ncccc3C(=O)N3CCCCC3)cn2)CC1. The van der Waals surface area contributed by atoms with Crippen LogP contribution in [0.25, 0.3) is 0 Å². The van der Waals surface area contributed by atoms with Crippen molar-refractivity contribution in [2.75, 3.05) is 36.4 Å². The number of carbonyl (C=O) groups excluding carboxylic acids is 1. The molecule has 2 aliphatic heterocycles. The predicted octanol–water partition coefficient (Wildman–Crippen LogP) is 3.95. The van der Waals surface area contributed by atoms with E-state index >= 15 is 0 Å². The minimum Gasteiger partial charge on any atom is -0.365 e. The van der Waals surface area contributed by atoms with E-state index < -0.39 is 0 Å². The third-order valence-electron chi connectivity index (χ3n) is 6.06. The lowest BCUT2D eigenvalue weighted by molar-refractivity contribution is 0.0725. The topological polar surface area (TPSA) is 61.4 Å². The largest absolute Gasteiger partial charge is 0.365 e. The molecule has 6 nitrogen and oxygen atoms in total. The molecule has 0 aliphatic carbocycles. The first kappa shape index (κ1) is 19.7. The van der Waals surface area contributed by atoms with E-state index in [1.807, 2.05) is 23.2 Å². The zero-order valence-electron chi connectivity index (χ0n) is 17.3. The Hall–Kier alpha value is -2.63. The van der Waals surface area contributed by atoms with Crippen LogP contribution in [-0.4, -0.2) is 47.0 Å². The van der Waals surface area contributed by atoms with Crippen molar-refractivity contribution in [3.63, 3.8) is 0 Å². The van der Waals surface area contributed by atoms with Crippen LogP contribution < -0.4 is 10.2 Å². The number of amides is 1. The first-order valence-corrected chi connectivity index (χ1v) is 10.9. The van der Waals surface area contributed by atoms with Gasteiger partial charge >= 0.3 is 0 Å². The van der Waals surface area contributed by atoms with E-state index in [9.17, 15) is 4.79 Å². The van der Waals surface area contributed by atoms with Gasteiger partial charge in [0.25, 0.3) is 5.91 Å².